The zero-order valence-corrected chi connectivity index (χ0v) is 16.8. The topological polar surface area (TPSA) is 58.6 Å². The molecule has 2 aromatic rings. The van der Waals surface area contributed by atoms with Gasteiger partial charge in [0.2, 0.25) is 11.8 Å². The molecule has 5 nitrogen and oxygen atoms in total. The van der Waals surface area contributed by atoms with Gasteiger partial charge in [-0.05, 0) is 69.0 Å². The summed E-state index contributed by atoms with van der Waals surface area (Å²) in [6, 6.07) is 16.7. The Morgan fingerprint density at radius 2 is 1.68 bits per heavy atom. The zero-order valence-electron chi connectivity index (χ0n) is 16.8. The number of likely N-dealkylation sites (tertiary alicyclic amines) is 1. The fraction of sp³-hybridized carbons (Fsp3) is 0.391. The van der Waals surface area contributed by atoms with E-state index in [2.05, 4.69) is 12.2 Å². The lowest BCUT2D eigenvalue weighted by Gasteiger charge is -2.36. The van der Waals surface area contributed by atoms with Crippen LogP contribution in [0.5, 0.6) is 11.5 Å². The monoisotopic (exact) mass is 380 g/mol. The number of ether oxygens (including phenoxy) is 1. The van der Waals surface area contributed by atoms with Gasteiger partial charge in [-0.15, -0.1) is 0 Å². The fourth-order valence-electron chi connectivity index (χ4n) is 3.38. The molecular formula is C23H28N2O3. The van der Waals surface area contributed by atoms with Crippen LogP contribution >= 0.6 is 0 Å². The van der Waals surface area contributed by atoms with Crippen molar-refractivity contribution in [3.8, 4) is 11.5 Å². The average Bonchev–Trinajstić information content (AvgIpc) is 2.69. The number of hydrogen-bond acceptors (Lipinski definition) is 3. The summed E-state index contributed by atoms with van der Waals surface area (Å²) < 4.78 is 5.76. The number of rotatable bonds is 5. The minimum atomic E-state index is -1.11. The number of carbonyl (C=O) groups is 2. The van der Waals surface area contributed by atoms with E-state index < -0.39 is 5.41 Å². The van der Waals surface area contributed by atoms with E-state index in [1.54, 1.807) is 38.1 Å². The first-order valence-electron chi connectivity index (χ1n) is 9.80. The van der Waals surface area contributed by atoms with E-state index in [4.69, 9.17) is 4.74 Å². The van der Waals surface area contributed by atoms with Crippen LogP contribution < -0.4 is 10.1 Å². The van der Waals surface area contributed by atoms with Crippen LogP contribution in [0.1, 0.15) is 33.6 Å². The van der Waals surface area contributed by atoms with Gasteiger partial charge in [-0.1, -0.05) is 25.1 Å². The van der Waals surface area contributed by atoms with Crippen molar-refractivity contribution < 1.29 is 14.3 Å². The molecule has 1 aliphatic heterocycles. The lowest BCUT2D eigenvalue weighted by molar-refractivity contribution is -0.147. The third-order valence-electron chi connectivity index (χ3n) is 5.14. The molecule has 28 heavy (non-hydrogen) atoms. The molecule has 0 spiro atoms. The van der Waals surface area contributed by atoms with Gasteiger partial charge in [0.05, 0.1) is 0 Å². The zero-order chi connectivity index (χ0) is 20.1. The van der Waals surface area contributed by atoms with E-state index in [1.807, 2.05) is 35.2 Å². The van der Waals surface area contributed by atoms with Crippen molar-refractivity contribution in [2.24, 2.45) is 11.3 Å². The van der Waals surface area contributed by atoms with Crippen LogP contribution in [-0.2, 0) is 9.59 Å². The quantitative estimate of drug-likeness (QED) is 0.765. The molecule has 0 aliphatic carbocycles. The Hall–Kier alpha value is -2.82. The molecule has 0 radical (unpaired) electrons. The summed E-state index contributed by atoms with van der Waals surface area (Å²) in [5.41, 5.74) is -0.477. The van der Waals surface area contributed by atoms with Gasteiger partial charge in [0.1, 0.15) is 16.9 Å². The van der Waals surface area contributed by atoms with Gasteiger partial charge in [-0.2, -0.15) is 0 Å². The Kier molecular flexibility index (Phi) is 6.02. The van der Waals surface area contributed by atoms with E-state index >= 15 is 0 Å². The van der Waals surface area contributed by atoms with Gasteiger partial charge in [0.15, 0.2) is 0 Å². The smallest absolute Gasteiger partial charge is 0.239 e. The molecule has 0 aromatic heterocycles. The summed E-state index contributed by atoms with van der Waals surface area (Å²) in [4.78, 5) is 27.5. The SMILES string of the molecule is CC1CCCN(C(=O)C(C)(C)C(=O)Nc2ccc(Oc3ccccc3)cc2)C1. The van der Waals surface area contributed by atoms with Gasteiger partial charge in [0, 0.05) is 18.8 Å². The molecule has 0 saturated carbocycles. The van der Waals surface area contributed by atoms with E-state index in [0.29, 0.717) is 17.4 Å². The molecule has 148 valence electrons. The van der Waals surface area contributed by atoms with Crippen molar-refractivity contribution in [3.63, 3.8) is 0 Å². The highest BCUT2D eigenvalue weighted by atomic mass is 16.5. The first-order chi connectivity index (χ1) is 13.4. The van der Waals surface area contributed by atoms with Gasteiger partial charge < -0.3 is 15.0 Å². The normalized spacial score (nSPS) is 17.1. The number of benzene rings is 2. The molecule has 2 aromatic carbocycles. The predicted octanol–water partition coefficient (Wildman–Crippen LogP) is 4.70. The summed E-state index contributed by atoms with van der Waals surface area (Å²) in [7, 11) is 0. The highest BCUT2D eigenvalue weighted by molar-refractivity contribution is 6.09. The van der Waals surface area contributed by atoms with Crippen LogP contribution in [0.2, 0.25) is 0 Å². The van der Waals surface area contributed by atoms with Crippen LogP contribution in [0, 0.1) is 11.3 Å². The Morgan fingerprint density at radius 1 is 1.04 bits per heavy atom. The second kappa shape index (κ2) is 8.46. The second-order valence-electron chi connectivity index (χ2n) is 8.02. The summed E-state index contributed by atoms with van der Waals surface area (Å²) in [5.74, 6) is 1.50. The third kappa shape index (κ3) is 4.71. The minimum absolute atomic E-state index is 0.111. The van der Waals surface area contributed by atoms with Gasteiger partial charge in [-0.25, -0.2) is 0 Å². The van der Waals surface area contributed by atoms with Gasteiger partial charge in [0.25, 0.3) is 0 Å². The molecule has 3 rings (SSSR count). The van der Waals surface area contributed by atoms with Gasteiger partial charge in [-0.3, -0.25) is 9.59 Å². The van der Waals surface area contributed by atoms with Crippen molar-refractivity contribution in [3.05, 3.63) is 54.6 Å². The molecule has 2 amide bonds. The maximum absolute atomic E-state index is 12.9. The highest BCUT2D eigenvalue weighted by Crippen LogP contribution is 2.27. The summed E-state index contributed by atoms with van der Waals surface area (Å²) in [5, 5.41) is 2.86. The van der Waals surface area contributed by atoms with E-state index in [9.17, 15) is 9.59 Å². The molecule has 1 N–H and O–H groups in total. The van der Waals surface area contributed by atoms with Crippen molar-refractivity contribution in [1.82, 2.24) is 4.90 Å². The Bertz CT molecular complexity index is 816. The molecule has 5 heteroatoms. The first kappa shape index (κ1) is 19.9. The number of amides is 2. The van der Waals surface area contributed by atoms with Crippen LogP contribution in [0.15, 0.2) is 54.6 Å². The summed E-state index contributed by atoms with van der Waals surface area (Å²) >= 11 is 0. The molecule has 1 unspecified atom stereocenters. The lowest BCUT2D eigenvalue weighted by Crippen LogP contribution is -2.50. The lowest BCUT2D eigenvalue weighted by atomic mass is 9.88. The predicted molar refractivity (Wildman–Crippen MR) is 110 cm³/mol. The molecule has 1 heterocycles. The van der Waals surface area contributed by atoms with E-state index in [-0.39, 0.29) is 11.8 Å². The number of anilines is 1. The number of nitrogens with zero attached hydrogens (tertiary/aromatic N) is 1. The Labute approximate surface area is 166 Å². The third-order valence-corrected chi connectivity index (χ3v) is 5.14. The first-order valence-corrected chi connectivity index (χ1v) is 9.80. The Morgan fingerprint density at radius 3 is 2.32 bits per heavy atom. The fourth-order valence-corrected chi connectivity index (χ4v) is 3.38. The van der Waals surface area contributed by atoms with Crippen LogP contribution in [-0.4, -0.2) is 29.8 Å². The van der Waals surface area contributed by atoms with Crippen LogP contribution in [0.4, 0.5) is 5.69 Å². The van der Waals surface area contributed by atoms with Crippen LogP contribution in [0.25, 0.3) is 0 Å². The Balaban J connectivity index is 1.62. The molecule has 0 bridgehead atoms. The van der Waals surface area contributed by atoms with Crippen molar-refractivity contribution in [2.75, 3.05) is 18.4 Å². The standard InChI is InChI=1S/C23H28N2O3/c1-17-8-7-15-25(16-17)22(27)23(2,3)21(26)24-18-11-13-20(14-12-18)28-19-9-5-4-6-10-19/h4-6,9-14,17H,7-8,15-16H2,1-3H3,(H,24,26). The van der Waals surface area contributed by atoms with Crippen molar-refractivity contribution >= 4 is 17.5 Å². The average molecular weight is 380 g/mol. The number of piperidine rings is 1. The highest BCUT2D eigenvalue weighted by Gasteiger charge is 2.40. The number of nitrogens with one attached hydrogen (secondary N) is 1. The summed E-state index contributed by atoms with van der Waals surface area (Å²) in [6.45, 7) is 6.98. The largest absolute Gasteiger partial charge is 0.457 e. The molecular weight excluding hydrogens is 352 g/mol. The van der Waals surface area contributed by atoms with Crippen molar-refractivity contribution in [2.45, 2.75) is 33.6 Å². The van der Waals surface area contributed by atoms with Crippen molar-refractivity contribution in [1.29, 1.82) is 0 Å². The van der Waals surface area contributed by atoms with E-state index in [0.717, 1.165) is 31.7 Å². The van der Waals surface area contributed by atoms with Gasteiger partial charge >= 0.3 is 0 Å². The van der Waals surface area contributed by atoms with Crippen LogP contribution in [0.3, 0.4) is 0 Å². The minimum Gasteiger partial charge on any atom is -0.457 e. The summed E-state index contributed by atoms with van der Waals surface area (Å²) in [6.07, 6.45) is 2.13. The number of hydrogen-bond donors (Lipinski definition) is 1. The molecule has 1 fully saturated rings. The van der Waals surface area contributed by atoms with E-state index in [1.165, 1.54) is 0 Å². The molecule has 1 aliphatic rings. The number of carbonyl (C=O) groups excluding carboxylic acids is 2. The molecule has 1 saturated heterocycles. The second-order valence-corrected chi connectivity index (χ2v) is 8.02. The maximum atomic E-state index is 12.9. The number of para-hydroxylation sites is 1. The molecule has 1 atom stereocenters. The maximum Gasteiger partial charge on any atom is 0.239 e.